The molecular weight excluding hydrogens is 288 g/mol. The van der Waals surface area contributed by atoms with Gasteiger partial charge in [0.05, 0.1) is 5.71 Å². The molecule has 0 aliphatic carbocycles. The Hall–Kier alpha value is -3.14. The Morgan fingerprint density at radius 2 is 1.70 bits per heavy atom. The molecule has 0 saturated heterocycles. The molecule has 0 spiro atoms. The lowest BCUT2D eigenvalue weighted by atomic mass is 10.0. The number of benzene rings is 3. The maximum absolute atomic E-state index is 12.0. The summed E-state index contributed by atoms with van der Waals surface area (Å²) >= 11 is 0. The Morgan fingerprint density at radius 1 is 0.913 bits per heavy atom. The minimum absolute atomic E-state index is 0.0490. The van der Waals surface area contributed by atoms with Crippen molar-refractivity contribution in [2.75, 3.05) is 0 Å². The van der Waals surface area contributed by atoms with Crippen LogP contribution < -0.4 is 5.43 Å². The van der Waals surface area contributed by atoms with Gasteiger partial charge in [0.2, 0.25) is 0 Å². The molecule has 0 aromatic heterocycles. The fourth-order valence-corrected chi connectivity index (χ4v) is 2.33. The van der Waals surface area contributed by atoms with E-state index in [9.17, 15) is 9.90 Å². The second kappa shape index (κ2) is 6.32. The van der Waals surface area contributed by atoms with Crippen molar-refractivity contribution < 1.29 is 9.90 Å². The van der Waals surface area contributed by atoms with Gasteiger partial charge in [0.15, 0.2) is 0 Å². The summed E-state index contributed by atoms with van der Waals surface area (Å²) in [4.78, 5) is 12.0. The first-order valence-electron chi connectivity index (χ1n) is 7.26. The van der Waals surface area contributed by atoms with Gasteiger partial charge in [0.25, 0.3) is 5.91 Å². The molecular formula is C19H16N2O2. The standard InChI is InChI=1S/C19H16N2O2/c1-13(15-10-9-14-5-2-3-6-16(14)11-15)20-21-19(23)17-7-4-8-18(22)12-17/h2-12,22H,1H3,(H,21,23)/b20-13-. The molecule has 114 valence electrons. The third kappa shape index (κ3) is 3.37. The molecule has 0 aliphatic heterocycles. The van der Waals surface area contributed by atoms with Crippen LogP contribution in [0.5, 0.6) is 5.75 Å². The van der Waals surface area contributed by atoms with E-state index in [0.717, 1.165) is 16.3 Å². The maximum atomic E-state index is 12.0. The molecule has 0 fully saturated rings. The average molecular weight is 304 g/mol. The van der Waals surface area contributed by atoms with Crippen molar-refractivity contribution in [1.29, 1.82) is 0 Å². The molecule has 23 heavy (non-hydrogen) atoms. The Bertz CT molecular complexity index is 901. The molecule has 0 bridgehead atoms. The zero-order valence-corrected chi connectivity index (χ0v) is 12.7. The number of carbonyl (C=O) groups excluding carboxylic acids is 1. The second-order valence-electron chi connectivity index (χ2n) is 5.25. The molecule has 0 aliphatic rings. The highest BCUT2D eigenvalue weighted by Crippen LogP contribution is 2.16. The van der Waals surface area contributed by atoms with Gasteiger partial charge in [-0.2, -0.15) is 5.10 Å². The van der Waals surface area contributed by atoms with Crippen LogP contribution in [0.25, 0.3) is 10.8 Å². The SMILES string of the molecule is C/C(=N/NC(=O)c1cccc(O)c1)c1ccc2ccccc2c1. The first-order chi connectivity index (χ1) is 11.1. The van der Waals surface area contributed by atoms with Crippen molar-refractivity contribution in [3.63, 3.8) is 0 Å². The summed E-state index contributed by atoms with van der Waals surface area (Å²) in [6, 6.07) is 20.3. The number of rotatable bonds is 3. The lowest BCUT2D eigenvalue weighted by Crippen LogP contribution is -2.19. The zero-order chi connectivity index (χ0) is 16.2. The summed E-state index contributed by atoms with van der Waals surface area (Å²) < 4.78 is 0. The van der Waals surface area contributed by atoms with E-state index in [1.54, 1.807) is 12.1 Å². The Kier molecular flexibility index (Phi) is 4.06. The van der Waals surface area contributed by atoms with Gasteiger partial charge >= 0.3 is 0 Å². The highest BCUT2D eigenvalue weighted by Gasteiger charge is 2.06. The predicted molar refractivity (Wildman–Crippen MR) is 91.7 cm³/mol. The van der Waals surface area contributed by atoms with Gasteiger partial charge < -0.3 is 5.11 Å². The van der Waals surface area contributed by atoms with Crippen LogP contribution in [-0.4, -0.2) is 16.7 Å². The number of hydrazone groups is 1. The number of phenolic OH excluding ortho intramolecular Hbond substituents is 1. The quantitative estimate of drug-likeness (QED) is 0.572. The van der Waals surface area contributed by atoms with Crippen molar-refractivity contribution in [2.45, 2.75) is 6.92 Å². The van der Waals surface area contributed by atoms with Gasteiger partial charge in [0.1, 0.15) is 5.75 Å². The van der Waals surface area contributed by atoms with E-state index >= 15 is 0 Å². The molecule has 0 saturated carbocycles. The normalized spacial score (nSPS) is 11.4. The highest BCUT2D eigenvalue weighted by atomic mass is 16.3. The van der Waals surface area contributed by atoms with E-state index < -0.39 is 0 Å². The van der Waals surface area contributed by atoms with E-state index in [2.05, 4.69) is 16.6 Å². The lowest BCUT2D eigenvalue weighted by molar-refractivity contribution is 0.0954. The summed E-state index contributed by atoms with van der Waals surface area (Å²) in [6.07, 6.45) is 0. The molecule has 2 N–H and O–H groups in total. The average Bonchev–Trinajstić information content (AvgIpc) is 2.59. The van der Waals surface area contributed by atoms with Gasteiger partial charge in [0, 0.05) is 5.56 Å². The third-order valence-corrected chi connectivity index (χ3v) is 3.60. The largest absolute Gasteiger partial charge is 0.508 e. The summed E-state index contributed by atoms with van der Waals surface area (Å²) in [7, 11) is 0. The minimum Gasteiger partial charge on any atom is -0.508 e. The molecule has 3 aromatic carbocycles. The number of fused-ring (bicyclic) bond motifs is 1. The van der Waals surface area contributed by atoms with Crippen LogP contribution >= 0.6 is 0 Å². The monoisotopic (exact) mass is 304 g/mol. The Labute approximate surface area is 134 Å². The van der Waals surface area contributed by atoms with Crippen molar-refractivity contribution >= 4 is 22.4 Å². The number of aromatic hydroxyl groups is 1. The van der Waals surface area contributed by atoms with E-state index in [4.69, 9.17) is 0 Å². The Morgan fingerprint density at radius 3 is 2.48 bits per heavy atom. The summed E-state index contributed by atoms with van der Waals surface area (Å²) in [5.74, 6) is -0.311. The van der Waals surface area contributed by atoms with Crippen LogP contribution in [0.1, 0.15) is 22.8 Å². The fraction of sp³-hybridized carbons (Fsp3) is 0.0526. The van der Waals surface area contributed by atoms with Gasteiger partial charge in [-0.3, -0.25) is 4.79 Å². The Balaban J connectivity index is 1.79. The van der Waals surface area contributed by atoms with Gasteiger partial charge in [-0.05, 0) is 47.5 Å². The number of nitrogens with zero attached hydrogens (tertiary/aromatic N) is 1. The third-order valence-electron chi connectivity index (χ3n) is 3.60. The molecule has 4 heteroatoms. The minimum atomic E-state index is -0.360. The first-order valence-corrected chi connectivity index (χ1v) is 7.26. The van der Waals surface area contributed by atoms with Gasteiger partial charge in [-0.25, -0.2) is 5.43 Å². The van der Waals surface area contributed by atoms with Crippen LogP contribution in [0, 0.1) is 0 Å². The van der Waals surface area contributed by atoms with Gasteiger partial charge in [-0.15, -0.1) is 0 Å². The van der Waals surface area contributed by atoms with Crippen molar-refractivity contribution in [3.8, 4) is 5.75 Å². The first kappa shape index (κ1) is 14.8. The molecule has 0 unspecified atom stereocenters. The molecule has 0 heterocycles. The van der Waals surface area contributed by atoms with Crippen molar-refractivity contribution in [2.24, 2.45) is 5.10 Å². The molecule has 3 rings (SSSR count). The molecule has 0 radical (unpaired) electrons. The lowest BCUT2D eigenvalue weighted by Gasteiger charge is -2.05. The topological polar surface area (TPSA) is 61.7 Å². The van der Waals surface area contributed by atoms with Crippen molar-refractivity contribution in [3.05, 3.63) is 77.9 Å². The number of carbonyl (C=O) groups is 1. The number of hydrogen-bond donors (Lipinski definition) is 2. The van der Waals surface area contributed by atoms with E-state index in [-0.39, 0.29) is 11.7 Å². The van der Waals surface area contributed by atoms with Crippen molar-refractivity contribution in [1.82, 2.24) is 5.43 Å². The summed E-state index contributed by atoms with van der Waals surface area (Å²) in [5, 5.41) is 15.8. The molecule has 1 amide bonds. The number of amides is 1. The molecule has 4 nitrogen and oxygen atoms in total. The summed E-state index contributed by atoms with van der Waals surface area (Å²) in [5.41, 5.74) is 4.53. The summed E-state index contributed by atoms with van der Waals surface area (Å²) in [6.45, 7) is 1.84. The maximum Gasteiger partial charge on any atom is 0.271 e. The van der Waals surface area contributed by atoms with Crippen LogP contribution in [0.2, 0.25) is 0 Å². The molecule has 0 atom stereocenters. The molecule has 3 aromatic rings. The number of phenols is 1. The number of nitrogens with one attached hydrogen (secondary N) is 1. The predicted octanol–water partition coefficient (Wildman–Crippen LogP) is 3.70. The second-order valence-corrected chi connectivity index (χ2v) is 5.25. The van der Waals surface area contributed by atoms with Crippen LogP contribution in [0.3, 0.4) is 0 Å². The van der Waals surface area contributed by atoms with Gasteiger partial charge in [-0.1, -0.05) is 42.5 Å². The smallest absolute Gasteiger partial charge is 0.271 e. The van der Waals surface area contributed by atoms with E-state index in [1.807, 2.05) is 43.3 Å². The van der Waals surface area contributed by atoms with E-state index in [0.29, 0.717) is 11.3 Å². The fourth-order valence-electron chi connectivity index (χ4n) is 2.33. The van der Waals surface area contributed by atoms with E-state index in [1.165, 1.54) is 12.1 Å². The highest BCUT2D eigenvalue weighted by molar-refractivity contribution is 6.03. The number of hydrogen-bond acceptors (Lipinski definition) is 3. The van der Waals surface area contributed by atoms with Crippen LogP contribution in [-0.2, 0) is 0 Å². The van der Waals surface area contributed by atoms with Crippen LogP contribution in [0.4, 0.5) is 0 Å². The zero-order valence-electron chi connectivity index (χ0n) is 12.7. The van der Waals surface area contributed by atoms with Crippen LogP contribution in [0.15, 0.2) is 71.8 Å².